The van der Waals surface area contributed by atoms with Crippen molar-refractivity contribution in [2.24, 2.45) is 5.41 Å². The lowest BCUT2D eigenvalue weighted by atomic mass is 9.96. The van der Waals surface area contributed by atoms with Gasteiger partial charge in [0, 0.05) is 31.9 Å². The lowest BCUT2D eigenvalue weighted by Gasteiger charge is -2.28. The van der Waals surface area contributed by atoms with Gasteiger partial charge in [0.25, 0.3) is 5.56 Å². The molecule has 5 nitrogen and oxygen atoms in total. The SMILES string of the molecule is CC(C)(C)CN(CCn1ccccc1=O)CC(=O)O. The summed E-state index contributed by atoms with van der Waals surface area (Å²) in [4.78, 5) is 24.3. The van der Waals surface area contributed by atoms with Crippen molar-refractivity contribution in [1.82, 2.24) is 9.47 Å². The van der Waals surface area contributed by atoms with Crippen LogP contribution in [0.4, 0.5) is 0 Å². The molecule has 1 N–H and O–H groups in total. The fourth-order valence-corrected chi connectivity index (χ4v) is 1.97. The quantitative estimate of drug-likeness (QED) is 0.842. The minimum Gasteiger partial charge on any atom is -0.480 e. The van der Waals surface area contributed by atoms with Crippen LogP contribution in [0.25, 0.3) is 0 Å². The molecule has 1 aromatic heterocycles. The highest BCUT2D eigenvalue weighted by atomic mass is 16.4. The maximum absolute atomic E-state index is 11.6. The van der Waals surface area contributed by atoms with Crippen LogP contribution in [0.15, 0.2) is 29.2 Å². The third-order valence-corrected chi connectivity index (χ3v) is 2.61. The van der Waals surface area contributed by atoms with Crippen LogP contribution in [-0.2, 0) is 11.3 Å². The number of hydrogen-bond donors (Lipinski definition) is 1. The molecule has 0 aliphatic carbocycles. The number of aromatic nitrogens is 1. The van der Waals surface area contributed by atoms with Crippen LogP contribution < -0.4 is 5.56 Å². The normalized spacial score (nSPS) is 11.8. The monoisotopic (exact) mass is 266 g/mol. The van der Waals surface area contributed by atoms with E-state index in [9.17, 15) is 9.59 Å². The summed E-state index contributed by atoms with van der Waals surface area (Å²) >= 11 is 0. The van der Waals surface area contributed by atoms with Gasteiger partial charge in [-0.25, -0.2) is 0 Å². The van der Waals surface area contributed by atoms with Crippen LogP contribution >= 0.6 is 0 Å². The maximum atomic E-state index is 11.6. The predicted molar refractivity (Wildman–Crippen MR) is 74.2 cm³/mol. The Morgan fingerprint density at radius 3 is 2.58 bits per heavy atom. The molecule has 0 saturated carbocycles. The largest absolute Gasteiger partial charge is 0.480 e. The summed E-state index contributed by atoms with van der Waals surface area (Å²) in [5, 5.41) is 8.92. The molecule has 0 unspecified atom stereocenters. The molecule has 1 rings (SSSR count). The van der Waals surface area contributed by atoms with Crippen LogP contribution in [0.2, 0.25) is 0 Å². The summed E-state index contributed by atoms with van der Waals surface area (Å²) in [5.74, 6) is -0.843. The standard InChI is InChI=1S/C14H22N2O3/c1-14(2,3)11-15(10-13(18)19)8-9-16-7-5-4-6-12(16)17/h4-7H,8-11H2,1-3H3,(H,18,19). The summed E-state index contributed by atoms with van der Waals surface area (Å²) in [6, 6.07) is 5.00. The lowest BCUT2D eigenvalue weighted by molar-refractivity contribution is -0.138. The molecule has 19 heavy (non-hydrogen) atoms. The fourth-order valence-electron chi connectivity index (χ4n) is 1.97. The van der Waals surface area contributed by atoms with Gasteiger partial charge in [0.1, 0.15) is 0 Å². The van der Waals surface area contributed by atoms with Crippen molar-refractivity contribution >= 4 is 5.97 Å². The molecule has 0 radical (unpaired) electrons. The van der Waals surface area contributed by atoms with E-state index >= 15 is 0 Å². The molecule has 0 saturated heterocycles. The molecule has 106 valence electrons. The first-order valence-electron chi connectivity index (χ1n) is 6.37. The second-order valence-corrected chi connectivity index (χ2v) is 5.90. The lowest BCUT2D eigenvalue weighted by Crippen LogP contribution is -2.39. The van der Waals surface area contributed by atoms with Crippen molar-refractivity contribution in [3.8, 4) is 0 Å². The average Bonchev–Trinajstić information content (AvgIpc) is 2.24. The molecule has 0 spiro atoms. The molecular formula is C14H22N2O3. The number of nitrogens with zero attached hydrogens (tertiary/aromatic N) is 2. The van der Waals surface area contributed by atoms with Crippen molar-refractivity contribution in [2.75, 3.05) is 19.6 Å². The number of aliphatic carboxylic acids is 1. The molecule has 5 heteroatoms. The maximum Gasteiger partial charge on any atom is 0.317 e. The Hall–Kier alpha value is -1.62. The summed E-state index contributed by atoms with van der Waals surface area (Å²) in [6.45, 7) is 7.93. The van der Waals surface area contributed by atoms with E-state index in [1.165, 1.54) is 6.07 Å². The van der Waals surface area contributed by atoms with E-state index in [2.05, 4.69) is 20.8 Å². The summed E-state index contributed by atoms with van der Waals surface area (Å²) in [7, 11) is 0. The highest BCUT2D eigenvalue weighted by Gasteiger charge is 2.18. The van der Waals surface area contributed by atoms with E-state index in [4.69, 9.17) is 5.11 Å². The van der Waals surface area contributed by atoms with Gasteiger partial charge in [-0.2, -0.15) is 0 Å². The summed E-state index contributed by atoms with van der Waals surface area (Å²) in [6.07, 6.45) is 1.72. The van der Waals surface area contributed by atoms with Gasteiger partial charge in [-0.15, -0.1) is 0 Å². The zero-order chi connectivity index (χ0) is 14.5. The van der Waals surface area contributed by atoms with Crippen molar-refractivity contribution in [3.63, 3.8) is 0 Å². The van der Waals surface area contributed by atoms with Gasteiger partial charge in [0.2, 0.25) is 0 Å². The van der Waals surface area contributed by atoms with Gasteiger partial charge in [0.05, 0.1) is 6.54 Å². The molecule has 1 heterocycles. The number of carbonyl (C=O) groups is 1. The first-order chi connectivity index (χ1) is 8.78. The van der Waals surface area contributed by atoms with Gasteiger partial charge in [-0.1, -0.05) is 26.8 Å². The second-order valence-electron chi connectivity index (χ2n) is 5.90. The minimum atomic E-state index is -0.843. The number of hydrogen-bond acceptors (Lipinski definition) is 3. The van der Waals surface area contributed by atoms with E-state index in [-0.39, 0.29) is 17.5 Å². The fraction of sp³-hybridized carbons (Fsp3) is 0.571. The van der Waals surface area contributed by atoms with Crippen LogP contribution in [0, 0.1) is 5.41 Å². The molecule has 1 aromatic rings. The van der Waals surface area contributed by atoms with E-state index in [0.29, 0.717) is 19.6 Å². The van der Waals surface area contributed by atoms with Crippen LogP contribution in [0.3, 0.4) is 0 Å². The first kappa shape index (κ1) is 15.4. The molecule has 0 fully saturated rings. The van der Waals surface area contributed by atoms with Crippen molar-refractivity contribution in [2.45, 2.75) is 27.3 Å². The molecule has 0 aliphatic rings. The number of rotatable bonds is 6. The Morgan fingerprint density at radius 2 is 2.05 bits per heavy atom. The minimum absolute atomic E-state index is 0.00114. The van der Waals surface area contributed by atoms with E-state index in [1.54, 1.807) is 22.9 Å². The Kier molecular flexibility index (Phi) is 5.30. The third kappa shape index (κ3) is 6.20. The molecule has 0 aromatic carbocycles. The van der Waals surface area contributed by atoms with Gasteiger partial charge in [0.15, 0.2) is 0 Å². The van der Waals surface area contributed by atoms with Crippen molar-refractivity contribution < 1.29 is 9.90 Å². The summed E-state index contributed by atoms with van der Waals surface area (Å²) in [5.41, 5.74) is -0.0366. The topological polar surface area (TPSA) is 62.5 Å². The Bertz CT molecular complexity index is 474. The molecule has 0 aliphatic heterocycles. The zero-order valence-corrected chi connectivity index (χ0v) is 11.8. The van der Waals surface area contributed by atoms with Gasteiger partial charge >= 0.3 is 5.97 Å². The molecule has 0 bridgehead atoms. The van der Waals surface area contributed by atoms with E-state index in [1.807, 2.05) is 4.90 Å². The Morgan fingerprint density at radius 1 is 1.37 bits per heavy atom. The Labute approximate surface area is 113 Å². The Balaban J connectivity index is 2.65. The van der Waals surface area contributed by atoms with Crippen LogP contribution in [-0.4, -0.2) is 40.2 Å². The summed E-state index contributed by atoms with van der Waals surface area (Å²) < 4.78 is 1.59. The van der Waals surface area contributed by atoms with Crippen LogP contribution in [0.1, 0.15) is 20.8 Å². The third-order valence-electron chi connectivity index (χ3n) is 2.61. The predicted octanol–water partition coefficient (Wildman–Crippen LogP) is 1.28. The van der Waals surface area contributed by atoms with Gasteiger partial charge in [-0.05, 0) is 11.5 Å². The molecular weight excluding hydrogens is 244 g/mol. The van der Waals surface area contributed by atoms with Crippen molar-refractivity contribution in [1.29, 1.82) is 0 Å². The molecule has 0 atom stereocenters. The number of carboxylic acids is 1. The van der Waals surface area contributed by atoms with Crippen LogP contribution in [0.5, 0.6) is 0 Å². The highest BCUT2D eigenvalue weighted by Crippen LogP contribution is 2.14. The first-order valence-corrected chi connectivity index (χ1v) is 6.37. The smallest absolute Gasteiger partial charge is 0.317 e. The number of carboxylic acid groups (broad SMARTS) is 1. The zero-order valence-electron chi connectivity index (χ0n) is 11.8. The van der Waals surface area contributed by atoms with Gasteiger partial charge in [-0.3, -0.25) is 14.5 Å². The number of pyridine rings is 1. The highest BCUT2D eigenvalue weighted by molar-refractivity contribution is 5.69. The van der Waals surface area contributed by atoms with Gasteiger partial charge < -0.3 is 9.67 Å². The molecule has 0 amide bonds. The average molecular weight is 266 g/mol. The van der Waals surface area contributed by atoms with E-state index in [0.717, 1.165) is 0 Å². The van der Waals surface area contributed by atoms with Crippen molar-refractivity contribution in [3.05, 3.63) is 34.7 Å². The second kappa shape index (κ2) is 6.52. The van der Waals surface area contributed by atoms with E-state index < -0.39 is 5.97 Å².